The molecule has 6 nitrogen and oxygen atoms in total. The van der Waals surface area contributed by atoms with Crippen LogP contribution in [0.4, 0.5) is 4.79 Å². The Morgan fingerprint density at radius 2 is 2.08 bits per heavy atom. The van der Waals surface area contributed by atoms with Gasteiger partial charge in [0.15, 0.2) is 0 Å². The predicted molar refractivity (Wildman–Crippen MR) is 91.7 cm³/mol. The summed E-state index contributed by atoms with van der Waals surface area (Å²) in [6, 6.07) is 8.21. The molecular formula is C18H24N4O2. The molecule has 1 fully saturated rings. The summed E-state index contributed by atoms with van der Waals surface area (Å²) in [6.07, 6.45) is 5.93. The fourth-order valence-electron chi connectivity index (χ4n) is 2.63. The monoisotopic (exact) mass is 328 g/mol. The van der Waals surface area contributed by atoms with Crippen LogP contribution in [0.2, 0.25) is 0 Å². The first-order valence-electron chi connectivity index (χ1n) is 8.38. The number of carbonyl (C=O) groups is 1. The number of urea groups is 1. The van der Waals surface area contributed by atoms with E-state index in [1.54, 1.807) is 13.3 Å². The summed E-state index contributed by atoms with van der Waals surface area (Å²) in [7, 11) is 1.65. The molecule has 0 atom stereocenters. The van der Waals surface area contributed by atoms with Crippen LogP contribution in [0.3, 0.4) is 0 Å². The quantitative estimate of drug-likeness (QED) is 0.850. The Morgan fingerprint density at radius 3 is 2.67 bits per heavy atom. The lowest BCUT2D eigenvalue weighted by atomic mass is 10.2. The number of aromatic nitrogens is 2. The van der Waals surface area contributed by atoms with Crippen molar-refractivity contribution in [2.45, 2.75) is 45.4 Å². The van der Waals surface area contributed by atoms with Gasteiger partial charge in [-0.15, -0.1) is 0 Å². The number of nitrogens with one attached hydrogen (secondary N) is 1. The first-order chi connectivity index (χ1) is 11.7. The molecule has 0 aliphatic heterocycles. The average Bonchev–Trinajstić information content (AvgIpc) is 3.35. The lowest BCUT2D eigenvalue weighted by molar-refractivity contribution is 0.191. The molecule has 1 saturated carbocycles. The number of benzene rings is 1. The van der Waals surface area contributed by atoms with Crippen LogP contribution < -0.4 is 10.1 Å². The Kier molecular flexibility index (Phi) is 5.03. The smallest absolute Gasteiger partial charge is 0.318 e. The van der Waals surface area contributed by atoms with Gasteiger partial charge in [0.1, 0.15) is 5.75 Å². The van der Waals surface area contributed by atoms with Crippen molar-refractivity contribution in [3.8, 4) is 5.75 Å². The van der Waals surface area contributed by atoms with Crippen molar-refractivity contribution >= 4 is 6.03 Å². The van der Waals surface area contributed by atoms with Gasteiger partial charge in [0, 0.05) is 37.4 Å². The highest BCUT2D eigenvalue weighted by atomic mass is 16.5. The minimum absolute atomic E-state index is 0.0161. The van der Waals surface area contributed by atoms with Gasteiger partial charge < -0.3 is 15.0 Å². The molecule has 1 aromatic heterocycles. The van der Waals surface area contributed by atoms with Crippen molar-refractivity contribution in [3.63, 3.8) is 0 Å². The number of ether oxygens (including phenoxy) is 1. The van der Waals surface area contributed by atoms with Crippen LogP contribution in [-0.4, -0.2) is 33.9 Å². The number of carbonyl (C=O) groups excluding carboxylic acids is 1. The van der Waals surface area contributed by atoms with Gasteiger partial charge in [-0.25, -0.2) is 4.79 Å². The van der Waals surface area contributed by atoms with Crippen molar-refractivity contribution in [3.05, 3.63) is 47.8 Å². The topological polar surface area (TPSA) is 59.4 Å². The molecule has 24 heavy (non-hydrogen) atoms. The van der Waals surface area contributed by atoms with Gasteiger partial charge in [-0.1, -0.05) is 12.1 Å². The number of nitrogens with zero attached hydrogens (tertiary/aromatic N) is 3. The molecule has 0 bridgehead atoms. The molecule has 1 heterocycles. The third-order valence-corrected chi connectivity index (χ3v) is 4.21. The number of methoxy groups -OCH3 is 1. The summed E-state index contributed by atoms with van der Waals surface area (Å²) in [4.78, 5) is 14.5. The van der Waals surface area contributed by atoms with E-state index in [4.69, 9.17) is 4.74 Å². The zero-order valence-corrected chi connectivity index (χ0v) is 14.2. The van der Waals surface area contributed by atoms with Gasteiger partial charge in [-0.3, -0.25) is 4.68 Å². The zero-order chi connectivity index (χ0) is 16.9. The average molecular weight is 328 g/mol. The Balaban J connectivity index is 1.58. The zero-order valence-electron chi connectivity index (χ0n) is 14.2. The summed E-state index contributed by atoms with van der Waals surface area (Å²) < 4.78 is 7.04. The van der Waals surface area contributed by atoms with Crippen LogP contribution in [0.1, 0.15) is 30.9 Å². The van der Waals surface area contributed by atoms with Crippen LogP contribution in [0.5, 0.6) is 5.75 Å². The Hall–Kier alpha value is -2.50. The third-order valence-electron chi connectivity index (χ3n) is 4.21. The second kappa shape index (κ2) is 7.38. The summed E-state index contributed by atoms with van der Waals surface area (Å²) in [5.41, 5.74) is 2.13. The van der Waals surface area contributed by atoms with E-state index < -0.39 is 0 Å². The Labute approximate surface area is 142 Å². The van der Waals surface area contributed by atoms with E-state index in [0.29, 0.717) is 19.1 Å². The second-order valence-electron chi connectivity index (χ2n) is 6.07. The molecule has 2 aromatic rings. The van der Waals surface area contributed by atoms with E-state index in [0.717, 1.165) is 36.3 Å². The maximum Gasteiger partial charge on any atom is 0.318 e. The van der Waals surface area contributed by atoms with Gasteiger partial charge >= 0.3 is 6.03 Å². The summed E-state index contributed by atoms with van der Waals surface area (Å²) in [5, 5.41) is 7.24. The van der Waals surface area contributed by atoms with Crippen LogP contribution in [0.25, 0.3) is 0 Å². The van der Waals surface area contributed by atoms with Crippen LogP contribution in [0, 0.1) is 0 Å². The molecule has 3 rings (SSSR count). The Morgan fingerprint density at radius 1 is 1.33 bits per heavy atom. The molecular weight excluding hydrogens is 304 g/mol. The number of rotatable bonds is 7. The van der Waals surface area contributed by atoms with E-state index in [9.17, 15) is 4.79 Å². The maximum atomic E-state index is 12.6. The van der Waals surface area contributed by atoms with E-state index in [2.05, 4.69) is 10.4 Å². The predicted octanol–water partition coefficient (Wildman–Crippen LogP) is 2.79. The number of amides is 2. The minimum Gasteiger partial charge on any atom is -0.497 e. The first-order valence-corrected chi connectivity index (χ1v) is 8.38. The molecule has 0 radical (unpaired) electrons. The normalized spacial score (nSPS) is 13.6. The third kappa shape index (κ3) is 4.07. The standard InChI is InChI=1S/C18H24N4O2/c1-3-21-12-15(11-20-21)10-19-18(23)22(16-6-7-16)13-14-4-8-17(24-2)9-5-14/h4-5,8-9,11-12,16H,3,6-7,10,13H2,1-2H3,(H,19,23). The van der Waals surface area contributed by atoms with Gasteiger partial charge in [0.05, 0.1) is 13.3 Å². The number of aryl methyl sites for hydroxylation is 1. The molecule has 0 spiro atoms. The molecule has 128 valence electrons. The van der Waals surface area contributed by atoms with Gasteiger partial charge in [-0.2, -0.15) is 5.10 Å². The highest BCUT2D eigenvalue weighted by Gasteiger charge is 2.32. The van der Waals surface area contributed by atoms with Crippen LogP contribution in [-0.2, 0) is 19.6 Å². The molecule has 1 aliphatic carbocycles. The summed E-state index contributed by atoms with van der Waals surface area (Å²) >= 11 is 0. The van der Waals surface area contributed by atoms with Crippen LogP contribution in [0.15, 0.2) is 36.7 Å². The highest BCUT2D eigenvalue weighted by Crippen LogP contribution is 2.28. The van der Waals surface area contributed by atoms with Gasteiger partial charge in [0.2, 0.25) is 0 Å². The fraction of sp³-hybridized carbons (Fsp3) is 0.444. The van der Waals surface area contributed by atoms with E-state index in [1.807, 2.05) is 47.0 Å². The largest absolute Gasteiger partial charge is 0.497 e. The van der Waals surface area contributed by atoms with E-state index in [1.165, 1.54) is 0 Å². The van der Waals surface area contributed by atoms with Crippen molar-refractivity contribution in [2.24, 2.45) is 0 Å². The number of hydrogen-bond acceptors (Lipinski definition) is 3. The second-order valence-corrected chi connectivity index (χ2v) is 6.07. The SMILES string of the molecule is CCn1cc(CNC(=O)N(Cc2ccc(OC)cc2)C2CC2)cn1. The molecule has 0 saturated heterocycles. The number of hydrogen-bond donors (Lipinski definition) is 1. The van der Waals surface area contributed by atoms with Crippen LogP contribution >= 0.6 is 0 Å². The highest BCUT2D eigenvalue weighted by molar-refractivity contribution is 5.75. The van der Waals surface area contributed by atoms with Gasteiger partial charge in [0.25, 0.3) is 0 Å². The lowest BCUT2D eigenvalue weighted by Crippen LogP contribution is -2.40. The molecule has 6 heteroatoms. The van der Waals surface area contributed by atoms with E-state index >= 15 is 0 Å². The molecule has 0 unspecified atom stereocenters. The minimum atomic E-state index is -0.0161. The van der Waals surface area contributed by atoms with Crippen molar-refractivity contribution in [1.82, 2.24) is 20.0 Å². The van der Waals surface area contributed by atoms with E-state index in [-0.39, 0.29) is 6.03 Å². The van der Waals surface area contributed by atoms with Crippen molar-refractivity contribution in [2.75, 3.05) is 7.11 Å². The molecule has 1 aromatic carbocycles. The summed E-state index contributed by atoms with van der Waals surface area (Å²) in [6.45, 7) is 4.00. The molecule has 1 aliphatic rings. The van der Waals surface area contributed by atoms with Crippen molar-refractivity contribution in [1.29, 1.82) is 0 Å². The molecule has 2 amide bonds. The summed E-state index contributed by atoms with van der Waals surface area (Å²) in [5.74, 6) is 0.828. The maximum absolute atomic E-state index is 12.6. The Bertz CT molecular complexity index is 677. The van der Waals surface area contributed by atoms with Crippen molar-refractivity contribution < 1.29 is 9.53 Å². The first kappa shape index (κ1) is 16.4. The lowest BCUT2D eigenvalue weighted by Gasteiger charge is -2.23. The molecule has 1 N–H and O–H groups in total. The fourth-order valence-corrected chi connectivity index (χ4v) is 2.63. The van der Waals surface area contributed by atoms with Gasteiger partial charge in [-0.05, 0) is 37.5 Å².